The van der Waals surface area contributed by atoms with E-state index in [1.807, 2.05) is 51.1 Å². The minimum absolute atomic E-state index is 0.0849. The van der Waals surface area contributed by atoms with E-state index in [0.29, 0.717) is 13.0 Å². The number of aliphatic carboxylic acids is 1. The Morgan fingerprint density at radius 2 is 1.75 bits per heavy atom. The molecule has 1 amide bonds. The molecule has 1 unspecified atom stereocenters. The zero-order valence-electron chi connectivity index (χ0n) is 12.4. The molecule has 0 aliphatic heterocycles. The van der Waals surface area contributed by atoms with Crippen molar-refractivity contribution in [2.75, 3.05) is 13.1 Å². The molecule has 1 aromatic rings. The molecule has 0 aliphatic carbocycles. The number of nitrogens with zero attached hydrogens (tertiary/aromatic N) is 1. The van der Waals surface area contributed by atoms with Gasteiger partial charge in [-0.15, -0.1) is 0 Å². The van der Waals surface area contributed by atoms with Crippen LogP contribution in [-0.2, 0) is 16.0 Å². The lowest BCUT2D eigenvalue weighted by Gasteiger charge is -2.26. The molecule has 1 rings (SSSR count). The molecule has 1 atom stereocenters. The van der Waals surface area contributed by atoms with Crippen LogP contribution in [0.4, 0.5) is 0 Å². The average Bonchev–Trinajstić information content (AvgIpc) is 2.42. The van der Waals surface area contributed by atoms with Gasteiger partial charge in [-0.2, -0.15) is 0 Å². The number of carboxylic acids is 1. The smallest absolute Gasteiger partial charge is 0.323 e. The Kier molecular flexibility index (Phi) is 6.22. The molecular formula is C16H23NO3. The third-order valence-electron chi connectivity index (χ3n) is 3.54. The second-order valence-electron chi connectivity index (χ2n) is 5.42. The van der Waals surface area contributed by atoms with E-state index in [-0.39, 0.29) is 24.3 Å². The number of carboxylic acid groups (broad SMARTS) is 1. The minimum Gasteiger partial charge on any atom is -0.480 e. The average molecular weight is 277 g/mol. The van der Waals surface area contributed by atoms with Crippen LogP contribution < -0.4 is 0 Å². The van der Waals surface area contributed by atoms with Crippen LogP contribution in [0.5, 0.6) is 0 Å². The monoisotopic (exact) mass is 277 g/mol. The topological polar surface area (TPSA) is 57.6 Å². The van der Waals surface area contributed by atoms with Crippen LogP contribution in [0.2, 0.25) is 0 Å². The van der Waals surface area contributed by atoms with Crippen molar-refractivity contribution >= 4 is 11.9 Å². The van der Waals surface area contributed by atoms with Crippen LogP contribution in [-0.4, -0.2) is 35.0 Å². The van der Waals surface area contributed by atoms with Gasteiger partial charge in [0.1, 0.15) is 6.54 Å². The Morgan fingerprint density at radius 1 is 1.15 bits per heavy atom. The maximum Gasteiger partial charge on any atom is 0.323 e. The zero-order valence-corrected chi connectivity index (χ0v) is 12.4. The predicted molar refractivity (Wildman–Crippen MR) is 78.4 cm³/mol. The van der Waals surface area contributed by atoms with E-state index in [1.54, 1.807) is 0 Å². The predicted octanol–water partition coefficient (Wildman–Crippen LogP) is 2.43. The van der Waals surface area contributed by atoms with Gasteiger partial charge in [-0.05, 0) is 17.9 Å². The third kappa shape index (κ3) is 5.03. The molecule has 1 aromatic carbocycles. The van der Waals surface area contributed by atoms with E-state index in [2.05, 4.69) is 0 Å². The molecule has 0 spiro atoms. The quantitative estimate of drug-likeness (QED) is 0.832. The number of rotatable bonds is 7. The maximum absolute atomic E-state index is 12.3. The van der Waals surface area contributed by atoms with Gasteiger partial charge in [-0.1, -0.05) is 51.1 Å². The summed E-state index contributed by atoms with van der Waals surface area (Å²) in [6.45, 7) is 6.00. The molecule has 0 saturated carbocycles. The first-order valence-electron chi connectivity index (χ1n) is 6.96. The molecule has 1 N–H and O–H groups in total. The van der Waals surface area contributed by atoms with Crippen molar-refractivity contribution < 1.29 is 14.7 Å². The van der Waals surface area contributed by atoms with E-state index in [0.717, 1.165) is 5.56 Å². The first kappa shape index (κ1) is 16.2. The summed E-state index contributed by atoms with van der Waals surface area (Å²) in [5.74, 6) is -1.01. The molecule has 0 aliphatic rings. The lowest BCUT2D eigenvalue weighted by molar-refractivity contribution is -0.146. The Labute approximate surface area is 120 Å². The number of hydrogen-bond acceptors (Lipinski definition) is 2. The fourth-order valence-corrected chi connectivity index (χ4v) is 1.91. The lowest BCUT2D eigenvalue weighted by Crippen LogP contribution is -2.41. The van der Waals surface area contributed by atoms with Gasteiger partial charge in [0.15, 0.2) is 0 Å². The molecule has 0 saturated heterocycles. The van der Waals surface area contributed by atoms with E-state index < -0.39 is 5.97 Å². The highest BCUT2D eigenvalue weighted by Crippen LogP contribution is 2.14. The summed E-state index contributed by atoms with van der Waals surface area (Å²) in [4.78, 5) is 24.7. The maximum atomic E-state index is 12.3. The van der Waals surface area contributed by atoms with E-state index in [9.17, 15) is 9.59 Å². The van der Waals surface area contributed by atoms with Crippen molar-refractivity contribution in [3.8, 4) is 0 Å². The molecule has 0 fully saturated rings. The number of hydrogen-bond donors (Lipinski definition) is 1. The highest BCUT2D eigenvalue weighted by atomic mass is 16.4. The van der Waals surface area contributed by atoms with Crippen molar-refractivity contribution in [2.45, 2.75) is 27.2 Å². The molecule has 0 bridgehead atoms. The molecule has 4 nitrogen and oxygen atoms in total. The summed E-state index contributed by atoms with van der Waals surface area (Å²) < 4.78 is 0. The summed E-state index contributed by atoms with van der Waals surface area (Å²) in [6, 6.07) is 9.78. The summed E-state index contributed by atoms with van der Waals surface area (Å²) >= 11 is 0. The number of benzene rings is 1. The second kappa shape index (κ2) is 7.68. The SMILES string of the molecule is CC(C)C(C)C(=O)N(CCc1ccccc1)CC(=O)O. The number of carbonyl (C=O) groups excluding carboxylic acids is 1. The van der Waals surface area contributed by atoms with Crippen molar-refractivity contribution in [1.82, 2.24) is 4.90 Å². The molecule has 0 aromatic heterocycles. The Hall–Kier alpha value is -1.84. The lowest BCUT2D eigenvalue weighted by atomic mass is 9.96. The molecule has 20 heavy (non-hydrogen) atoms. The summed E-state index contributed by atoms with van der Waals surface area (Å²) in [5, 5.41) is 8.96. The summed E-state index contributed by atoms with van der Waals surface area (Å²) in [5.41, 5.74) is 1.10. The van der Waals surface area contributed by atoms with Crippen molar-refractivity contribution in [3.05, 3.63) is 35.9 Å². The van der Waals surface area contributed by atoms with Crippen LogP contribution >= 0.6 is 0 Å². The normalized spacial score (nSPS) is 12.2. The molecule has 4 heteroatoms. The number of amides is 1. The van der Waals surface area contributed by atoms with Gasteiger partial charge in [-0.3, -0.25) is 9.59 Å². The van der Waals surface area contributed by atoms with Crippen LogP contribution in [0.25, 0.3) is 0 Å². The fraction of sp³-hybridized carbons (Fsp3) is 0.500. The molecule has 0 radical (unpaired) electrons. The number of carbonyl (C=O) groups is 2. The Bertz CT molecular complexity index is 442. The standard InChI is InChI=1S/C16H23NO3/c1-12(2)13(3)16(20)17(11-15(18)19)10-9-14-7-5-4-6-8-14/h4-8,12-13H,9-11H2,1-3H3,(H,18,19). The largest absolute Gasteiger partial charge is 0.480 e. The van der Waals surface area contributed by atoms with Gasteiger partial charge < -0.3 is 10.0 Å². The summed E-state index contributed by atoms with van der Waals surface area (Å²) in [7, 11) is 0. The van der Waals surface area contributed by atoms with Crippen LogP contribution in [0, 0.1) is 11.8 Å². The zero-order chi connectivity index (χ0) is 15.1. The van der Waals surface area contributed by atoms with Gasteiger partial charge in [0, 0.05) is 12.5 Å². The summed E-state index contributed by atoms with van der Waals surface area (Å²) in [6.07, 6.45) is 0.671. The molecule has 0 heterocycles. The van der Waals surface area contributed by atoms with Crippen molar-refractivity contribution in [3.63, 3.8) is 0 Å². The van der Waals surface area contributed by atoms with Gasteiger partial charge in [0.05, 0.1) is 0 Å². The fourth-order valence-electron chi connectivity index (χ4n) is 1.91. The Balaban J connectivity index is 2.69. The highest BCUT2D eigenvalue weighted by molar-refractivity contribution is 5.83. The third-order valence-corrected chi connectivity index (χ3v) is 3.54. The van der Waals surface area contributed by atoms with E-state index in [4.69, 9.17) is 5.11 Å². The van der Waals surface area contributed by atoms with Gasteiger partial charge in [0.2, 0.25) is 5.91 Å². The van der Waals surface area contributed by atoms with Crippen molar-refractivity contribution in [1.29, 1.82) is 0 Å². The van der Waals surface area contributed by atoms with Crippen LogP contribution in [0.1, 0.15) is 26.3 Å². The van der Waals surface area contributed by atoms with Gasteiger partial charge in [-0.25, -0.2) is 0 Å². The second-order valence-corrected chi connectivity index (χ2v) is 5.42. The van der Waals surface area contributed by atoms with Crippen LogP contribution in [0.3, 0.4) is 0 Å². The Morgan fingerprint density at radius 3 is 2.25 bits per heavy atom. The van der Waals surface area contributed by atoms with Crippen LogP contribution in [0.15, 0.2) is 30.3 Å². The van der Waals surface area contributed by atoms with Crippen molar-refractivity contribution in [2.24, 2.45) is 11.8 Å². The van der Waals surface area contributed by atoms with Gasteiger partial charge >= 0.3 is 5.97 Å². The van der Waals surface area contributed by atoms with E-state index in [1.165, 1.54) is 4.90 Å². The highest BCUT2D eigenvalue weighted by Gasteiger charge is 2.24. The molecule has 110 valence electrons. The first-order valence-corrected chi connectivity index (χ1v) is 6.96. The minimum atomic E-state index is -0.970. The van der Waals surface area contributed by atoms with Gasteiger partial charge in [0.25, 0.3) is 0 Å². The van der Waals surface area contributed by atoms with E-state index >= 15 is 0 Å². The first-order chi connectivity index (χ1) is 9.41. The molecular weight excluding hydrogens is 254 g/mol.